The van der Waals surface area contributed by atoms with Crippen molar-refractivity contribution in [3.63, 3.8) is 0 Å². The Bertz CT molecular complexity index is 519. The van der Waals surface area contributed by atoms with Crippen LogP contribution in [0.5, 0.6) is 0 Å². The molecule has 0 radical (unpaired) electrons. The summed E-state index contributed by atoms with van der Waals surface area (Å²) < 4.78 is 4.74. The Labute approximate surface area is 104 Å². The van der Waals surface area contributed by atoms with Crippen LogP contribution in [0.4, 0.5) is 5.00 Å². The Balaban J connectivity index is 2.31. The van der Waals surface area contributed by atoms with Crippen molar-refractivity contribution in [2.24, 2.45) is 0 Å². The molecular formula is C13H13NO2S. The Hall–Kier alpha value is -1.81. The van der Waals surface area contributed by atoms with Gasteiger partial charge < -0.3 is 10.5 Å². The van der Waals surface area contributed by atoms with Crippen molar-refractivity contribution in [3.05, 3.63) is 52.4 Å². The number of hydrogen-bond donors (Lipinski definition) is 1. The number of anilines is 1. The zero-order chi connectivity index (χ0) is 12.3. The number of esters is 1. The standard InChI is InChI=1S/C13H13NO2S/c1-16-13(15)11-10(8-17-12(11)14)7-9-5-3-2-4-6-9/h2-6,8H,7,14H2,1H3. The molecule has 1 heterocycles. The molecule has 4 heteroatoms. The lowest BCUT2D eigenvalue weighted by Gasteiger charge is -2.03. The molecule has 0 bridgehead atoms. The van der Waals surface area contributed by atoms with Crippen molar-refractivity contribution in [1.82, 2.24) is 0 Å². The smallest absolute Gasteiger partial charge is 0.341 e. The average Bonchev–Trinajstić information content (AvgIpc) is 2.71. The number of nitrogens with two attached hydrogens (primary N) is 1. The summed E-state index contributed by atoms with van der Waals surface area (Å²) in [5, 5.41) is 2.43. The largest absolute Gasteiger partial charge is 0.465 e. The maximum atomic E-state index is 11.6. The first-order valence-corrected chi connectivity index (χ1v) is 6.08. The van der Waals surface area contributed by atoms with Crippen LogP contribution in [0.25, 0.3) is 0 Å². The molecule has 2 rings (SSSR count). The van der Waals surface area contributed by atoms with Gasteiger partial charge in [0.2, 0.25) is 0 Å². The summed E-state index contributed by atoms with van der Waals surface area (Å²) in [6.45, 7) is 0. The van der Waals surface area contributed by atoms with E-state index in [0.29, 0.717) is 17.0 Å². The molecule has 0 aliphatic rings. The summed E-state index contributed by atoms with van der Waals surface area (Å²) in [6.07, 6.45) is 0.693. The minimum Gasteiger partial charge on any atom is -0.465 e. The van der Waals surface area contributed by atoms with Crippen molar-refractivity contribution < 1.29 is 9.53 Å². The van der Waals surface area contributed by atoms with Crippen LogP contribution in [-0.2, 0) is 11.2 Å². The van der Waals surface area contributed by atoms with Gasteiger partial charge in [-0.05, 0) is 22.9 Å². The van der Waals surface area contributed by atoms with E-state index in [0.717, 1.165) is 11.1 Å². The van der Waals surface area contributed by atoms with Crippen LogP contribution < -0.4 is 5.73 Å². The van der Waals surface area contributed by atoms with Gasteiger partial charge in [-0.1, -0.05) is 30.3 Å². The van der Waals surface area contributed by atoms with E-state index >= 15 is 0 Å². The highest BCUT2D eigenvalue weighted by Gasteiger charge is 2.17. The minimum atomic E-state index is -0.366. The number of benzene rings is 1. The highest BCUT2D eigenvalue weighted by molar-refractivity contribution is 7.14. The van der Waals surface area contributed by atoms with E-state index in [2.05, 4.69) is 0 Å². The van der Waals surface area contributed by atoms with Crippen LogP contribution in [0.15, 0.2) is 35.7 Å². The molecule has 2 N–H and O–H groups in total. The maximum Gasteiger partial charge on any atom is 0.341 e. The quantitative estimate of drug-likeness (QED) is 0.848. The Morgan fingerprint density at radius 2 is 2.06 bits per heavy atom. The SMILES string of the molecule is COC(=O)c1c(Cc2ccccc2)csc1N. The molecular weight excluding hydrogens is 234 g/mol. The van der Waals surface area contributed by atoms with Crippen LogP contribution >= 0.6 is 11.3 Å². The minimum absolute atomic E-state index is 0.366. The van der Waals surface area contributed by atoms with E-state index in [4.69, 9.17) is 10.5 Å². The molecule has 17 heavy (non-hydrogen) atoms. The van der Waals surface area contributed by atoms with Crippen LogP contribution in [0.2, 0.25) is 0 Å². The van der Waals surface area contributed by atoms with Crippen molar-refractivity contribution >= 4 is 22.3 Å². The first-order valence-electron chi connectivity index (χ1n) is 5.20. The summed E-state index contributed by atoms with van der Waals surface area (Å²) in [7, 11) is 1.37. The van der Waals surface area contributed by atoms with Crippen molar-refractivity contribution in [2.45, 2.75) is 6.42 Å². The fourth-order valence-corrected chi connectivity index (χ4v) is 2.49. The molecule has 88 valence electrons. The predicted molar refractivity (Wildman–Crippen MR) is 69.3 cm³/mol. The van der Waals surface area contributed by atoms with Gasteiger partial charge in [-0.25, -0.2) is 4.79 Å². The second kappa shape index (κ2) is 5.01. The lowest BCUT2D eigenvalue weighted by atomic mass is 10.0. The van der Waals surface area contributed by atoms with Crippen molar-refractivity contribution in [3.8, 4) is 0 Å². The van der Waals surface area contributed by atoms with Gasteiger partial charge in [0.1, 0.15) is 5.00 Å². The van der Waals surface area contributed by atoms with E-state index in [1.807, 2.05) is 35.7 Å². The third-order valence-corrected chi connectivity index (χ3v) is 3.38. The lowest BCUT2D eigenvalue weighted by molar-refractivity contribution is 0.0601. The zero-order valence-corrected chi connectivity index (χ0v) is 10.3. The van der Waals surface area contributed by atoms with E-state index in [-0.39, 0.29) is 5.97 Å². The van der Waals surface area contributed by atoms with Crippen LogP contribution in [-0.4, -0.2) is 13.1 Å². The summed E-state index contributed by atoms with van der Waals surface area (Å²) >= 11 is 1.37. The van der Waals surface area contributed by atoms with Crippen LogP contribution in [0.3, 0.4) is 0 Å². The maximum absolute atomic E-state index is 11.6. The molecule has 3 nitrogen and oxygen atoms in total. The van der Waals surface area contributed by atoms with Gasteiger partial charge in [-0.3, -0.25) is 0 Å². The second-order valence-electron chi connectivity index (χ2n) is 3.65. The summed E-state index contributed by atoms with van der Waals surface area (Å²) in [4.78, 5) is 11.6. The number of methoxy groups -OCH3 is 1. The number of rotatable bonds is 3. The van der Waals surface area contributed by atoms with Gasteiger partial charge >= 0.3 is 5.97 Å². The van der Waals surface area contributed by atoms with Gasteiger partial charge in [0.15, 0.2) is 0 Å². The van der Waals surface area contributed by atoms with E-state index in [9.17, 15) is 4.79 Å². The number of ether oxygens (including phenoxy) is 1. The van der Waals surface area contributed by atoms with E-state index in [1.54, 1.807) is 0 Å². The van der Waals surface area contributed by atoms with E-state index < -0.39 is 0 Å². The zero-order valence-electron chi connectivity index (χ0n) is 9.47. The highest BCUT2D eigenvalue weighted by Crippen LogP contribution is 2.27. The first kappa shape index (κ1) is 11.7. The topological polar surface area (TPSA) is 52.3 Å². The second-order valence-corrected chi connectivity index (χ2v) is 4.57. The van der Waals surface area contributed by atoms with E-state index in [1.165, 1.54) is 18.4 Å². The molecule has 0 aliphatic carbocycles. The third kappa shape index (κ3) is 2.47. The fourth-order valence-electron chi connectivity index (χ4n) is 1.69. The molecule has 0 saturated heterocycles. The first-order chi connectivity index (χ1) is 8.22. The third-order valence-electron chi connectivity index (χ3n) is 2.52. The van der Waals surface area contributed by atoms with Crippen LogP contribution in [0, 0.1) is 0 Å². The number of hydrogen-bond acceptors (Lipinski definition) is 4. The number of carbonyl (C=O) groups is 1. The van der Waals surface area contributed by atoms with Crippen molar-refractivity contribution in [1.29, 1.82) is 0 Å². The Morgan fingerprint density at radius 1 is 1.35 bits per heavy atom. The Morgan fingerprint density at radius 3 is 2.71 bits per heavy atom. The molecule has 0 atom stereocenters. The van der Waals surface area contributed by atoms with Gasteiger partial charge in [0, 0.05) is 0 Å². The summed E-state index contributed by atoms with van der Waals surface area (Å²) in [6, 6.07) is 9.96. The van der Waals surface area contributed by atoms with Crippen molar-refractivity contribution in [2.75, 3.05) is 12.8 Å². The molecule has 0 fully saturated rings. The normalized spacial score (nSPS) is 10.2. The Kier molecular flexibility index (Phi) is 3.44. The van der Waals surface area contributed by atoms with Gasteiger partial charge in [0.25, 0.3) is 0 Å². The molecule has 0 saturated carbocycles. The molecule has 0 unspecified atom stereocenters. The molecule has 1 aromatic heterocycles. The monoisotopic (exact) mass is 247 g/mol. The number of thiophene rings is 1. The molecule has 2 aromatic rings. The summed E-state index contributed by atoms with van der Waals surface area (Å²) in [5.41, 5.74) is 8.36. The highest BCUT2D eigenvalue weighted by atomic mass is 32.1. The van der Waals surface area contributed by atoms with Crippen LogP contribution in [0.1, 0.15) is 21.5 Å². The molecule has 1 aromatic carbocycles. The fraction of sp³-hybridized carbons (Fsp3) is 0.154. The molecule has 0 aliphatic heterocycles. The predicted octanol–water partition coefficient (Wildman–Crippen LogP) is 2.71. The average molecular weight is 247 g/mol. The van der Waals surface area contributed by atoms with Gasteiger partial charge in [0.05, 0.1) is 12.7 Å². The van der Waals surface area contributed by atoms with Gasteiger partial charge in [-0.2, -0.15) is 0 Å². The molecule has 0 amide bonds. The summed E-state index contributed by atoms with van der Waals surface area (Å²) in [5.74, 6) is -0.366. The molecule has 0 spiro atoms. The lowest BCUT2D eigenvalue weighted by Crippen LogP contribution is -2.06. The van der Waals surface area contributed by atoms with Gasteiger partial charge in [-0.15, -0.1) is 11.3 Å². The number of nitrogen functional groups attached to an aromatic ring is 1. The number of carbonyl (C=O) groups excluding carboxylic acids is 1.